The highest BCUT2D eigenvalue weighted by Crippen LogP contribution is 2.35. The maximum atomic E-state index is 13.0. The minimum Gasteiger partial charge on any atom is -0.438 e. The number of alkyl halides is 3. The van der Waals surface area contributed by atoms with E-state index >= 15 is 0 Å². The maximum Gasteiger partial charge on any atom is 0.416 e. The summed E-state index contributed by atoms with van der Waals surface area (Å²) in [7, 11) is 0. The van der Waals surface area contributed by atoms with Crippen molar-refractivity contribution in [2.75, 3.05) is 10.6 Å². The molecular weight excluding hydrogens is 507 g/mol. The zero-order valence-electron chi connectivity index (χ0n) is 19.7. The Kier molecular flexibility index (Phi) is 7.58. The van der Waals surface area contributed by atoms with Crippen molar-refractivity contribution in [2.45, 2.75) is 26.4 Å². The molecule has 0 spiro atoms. The summed E-state index contributed by atoms with van der Waals surface area (Å²) in [6.45, 7) is 3.75. The molecule has 2 amide bonds. The first-order chi connectivity index (χ1) is 17.6. The van der Waals surface area contributed by atoms with Gasteiger partial charge < -0.3 is 15.4 Å². The molecule has 11 heteroatoms. The van der Waals surface area contributed by atoms with E-state index in [1.807, 2.05) is 13.0 Å². The molecule has 0 aliphatic rings. The molecule has 7 nitrogen and oxygen atoms in total. The van der Waals surface area contributed by atoms with E-state index in [0.717, 1.165) is 18.2 Å². The van der Waals surface area contributed by atoms with Crippen molar-refractivity contribution in [3.63, 3.8) is 0 Å². The number of rotatable bonds is 6. The smallest absolute Gasteiger partial charge is 0.416 e. The standard InChI is InChI=1S/C26H21ClF3N5O2/c1-3-23-31-12-10-20(34-23)18-5-4-11-32-24(18)37-22-9-7-17(13-15(22)2)33-25(36)35-21-14-16(26(28,29)30)6-8-19(21)27/h4-14H,3H2,1-2H3,(H2,33,35,36). The number of anilines is 2. The van der Waals surface area contributed by atoms with Gasteiger partial charge in [-0.2, -0.15) is 13.2 Å². The van der Waals surface area contributed by atoms with E-state index in [1.54, 1.807) is 49.6 Å². The van der Waals surface area contributed by atoms with Crippen LogP contribution in [0.25, 0.3) is 11.3 Å². The Morgan fingerprint density at radius 3 is 2.57 bits per heavy atom. The minimum atomic E-state index is -4.57. The van der Waals surface area contributed by atoms with Gasteiger partial charge in [0.05, 0.1) is 27.5 Å². The van der Waals surface area contributed by atoms with Crippen LogP contribution in [-0.2, 0) is 12.6 Å². The second kappa shape index (κ2) is 10.8. The van der Waals surface area contributed by atoms with Gasteiger partial charge in [-0.05, 0) is 67.1 Å². The molecule has 0 saturated heterocycles. The minimum absolute atomic E-state index is 0.0241. The number of halogens is 4. The molecule has 0 aliphatic carbocycles. The van der Waals surface area contributed by atoms with Crippen LogP contribution in [0.4, 0.5) is 29.3 Å². The molecule has 37 heavy (non-hydrogen) atoms. The van der Waals surface area contributed by atoms with Crippen LogP contribution in [0.2, 0.25) is 5.02 Å². The number of ether oxygens (including phenoxy) is 1. The van der Waals surface area contributed by atoms with Crippen molar-refractivity contribution in [1.82, 2.24) is 15.0 Å². The number of amides is 2. The zero-order chi connectivity index (χ0) is 26.6. The third-order valence-corrected chi connectivity index (χ3v) is 5.58. The van der Waals surface area contributed by atoms with E-state index in [9.17, 15) is 18.0 Å². The SMILES string of the molecule is CCc1nccc(-c2cccnc2Oc2ccc(NC(=O)Nc3cc(C(F)(F)F)ccc3Cl)cc2C)n1. The average Bonchev–Trinajstić information content (AvgIpc) is 2.86. The van der Waals surface area contributed by atoms with Gasteiger partial charge in [0.25, 0.3) is 0 Å². The van der Waals surface area contributed by atoms with Gasteiger partial charge in [-0.3, -0.25) is 0 Å². The molecule has 4 aromatic rings. The number of nitrogens with zero attached hydrogens (tertiary/aromatic N) is 3. The van der Waals surface area contributed by atoms with E-state index in [0.29, 0.717) is 46.4 Å². The molecule has 0 fully saturated rings. The van der Waals surface area contributed by atoms with Crippen LogP contribution in [0.1, 0.15) is 23.9 Å². The van der Waals surface area contributed by atoms with Crippen LogP contribution < -0.4 is 15.4 Å². The molecule has 190 valence electrons. The Morgan fingerprint density at radius 1 is 1.03 bits per heavy atom. The van der Waals surface area contributed by atoms with Crippen LogP contribution in [0.3, 0.4) is 0 Å². The lowest BCUT2D eigenvalue weighted by Crippen LogP contribution is -2.20. The number of carbonyl (C=O) groups is 1. The van der Waals surface area contributed by atoms with Crippen LogP contribution >= 0.6 is 11.6 Å². The van der Waals surface area contributed by atoms with Crippen molar-refractivity contribution in [1.29, 1.82) is 0 Å². The van der Waals surface area contributed by atoms with E-state index < -0.39 is 17.8 Å². The van der Waals surface area contributed by atoms with Gasteiger partial charge in [-0.25, -0.2) is 19.7 Å². The Balaban J connectivity index is 1.49. The lowest BCUT2D eigenvalue weighted by atomic mass is 10.1. The largest absolute Gasteiger partial charge is 0.438 e. The van der Waals surface area contributed by atoms with E-state index in [4.69, 9.17) is 16.3 Å². The second-order valence-electron chi connectivity index (χ2n) is 7.92. The molecule has 0 atom stereocenters. The van der Waals surface area contributed by atoms with E-state index in [-0.39, 0.29) is 10.7 Å². The number of aryl methyl sites for hydroxylation is 2. The first-order valence-electron chi connectivity index (χ1n) is 11.1. The van der Waals surface area contributed by atoms with Crippen LogP contribution in [0.15, 0.2) is 67.0 Å². The van der Waals surface area contributed by atoms with Crippen molar-refractivity contribution >= 4 is 29.0 Å². The van der Waals surface area contributed by atoms with Crippen molar-refractivity contribution in [3.05, 3.63) is 89.0 Å². The van der Waals surface area contributed by atoms with Crippen LogP contribution in [0.5, 0.6) is 11.6 Å². The van der Waals surface area contributed by atoms with Crippen molar-refractivity contribution < 1.29 is 22.7 Å². The number of urea groups is 1. The lowest BCUT2D eigenvalue weighted by Gasteiger charge is -2.14. The van der Waals surface area contributed by atoms with E-state index in [2.05, 4.69) is 25.6 Å². The third-order valence-electron chi connectivity index (χ3n) is 5.25. The fraction of sp³-hybridized carbons (Fsp3) is 0.154. The molecule has 4 rings (SSSR count). The highest BCUT2D eigenvalue weighted by molar-refractivity contribution is 6.33. The van der Waals surface area contributed by atoms with Gasteiger partial charge >= 0.3 is 12.2 Å². The summed E-state index contributed by atoms with van der Waals surface area (Å²) in [5, 5.41) is 4.90. The van der Waals surface area contributed by atoms with Gasteiger partial charge in [0.1, 0.15) is 11.6 Å². The number of carbonyl (C=O) groups excluding carboxylic acids is 1. The summed E-state index contributed by atoms with van der Waals surface area (Å²) in [6.07, 6.45) is -0.592. The summed E-state index contributed by atoms with van der Waals surface area (Å²) in [6, 6.07) is 12.2. The fourth-order valence-corrected chi connectivity index (χ4v) is 3.58. The summed E-state index contributed by atoms with van der Waals surface area (Å²) in [4.78, 5) is 25.5. The monoisotopic (exact) mass is 527 g/mol. The molecule has 2 aromatic heterocycles. The zero-order valence-corrected chi connectivity index (χ0v) is 20.5. The highest BCUT2D eigenvalue weighted by Gasteiger charge is 2.31. The number of hydrogen-bond donors (Lipinski definition) is 2. The molecule has 2 heterocycles. The molecule has 0 unspecified atom stereocenters. The molecular formula is C26H21ClF3N5O2. The summed E-state index contributed by atoms with van der Waals surface area (Å²) in [5.41, 5.74) is 1.36. The number of benzene rings is 2. The second-order valence-corrected chi connectivity index (χ2v) is 8.33. The molecule has 0 radical (unpaired) electrons. The van der Waals surface area contributed by atoms with Gasteiger partial charge in [0, 0.05) is 24.5 Å². The first kappa shape index (κ1) is 25.9. The Labute approximate surface area is 215 Å². The van der Waals surface area contributed by atoms with E-state index in [1.165, 1.54) is 0 Å². The Morgan fingerprint density at radius 2 is 1.84 bits per heavy atom. The molecule has 0 saturated carbocycles. The maximum absolute atomic E-state index is 13.0. The quantitative estimate of drug-likeness (QED) is 0.271. The van der Waals surface area contributed by atoms with Crippen molar-refractivity contribution in [2.24, 2.45) is 0 Å². The fourth-order valence-electron chi connectivity index (χ4n) is 3.41. The first-order valence-corrected chi connectivity index (χ1v) is 11.5. The topological polar surface area (TPSA) is 89.0 Å². The Bertz CT molecular complexity index is 1450. The number of aromatic nitrogens is 3. The summed E-state index contributed by atoms with van der Waals surface area (Å²) in [5.74, 6) is 1.55. The van der Waals surface area contributed by atoms with Gasteiger partial charge in [0.15, 0.2) is 0 Å². The molecule has 0 aliphatic heterocycles. The molecule has 2 N–H and O–H groups in total. The Hall–Kier alpha value is -4.18. The predicted octanol–water partition coefficient (Wildman–Crippen LogP) is 7.52. The highest BCUT2D eigenvalue weighted by atomic mass is 35.5. The predicted molar refractivity (Wildman–Crippen MR) is 135 cm³/mol. The summed E-state index contributed by atoms with van der Waals surface area (Å²) >= 11 is 5.95. The van der Waals surface area contributed by atoms with Crippen LogP contribution in [-0.4, -0.2) is 21.0 Å². The van der Waals surface area contributed by atoms with Crippen LogP contribution in [0, 0.1) is 6.92 Å². The molecule has 0 bridgehead atoms. The van der Waals surface area contributed by atoms with Gasteiger partial charge in [-0.15, -0.1) is 0 Å². The lowest BCUT2D eigenvalue weighted by molar-refractivity contribution is -0.137. The third kappa shape index (κ3) is 6.34. The van der Waals surface area contributed by atoms with Crippen molar-refractivity contribution in [3.8, 4) is 22.9 Å². The number of pyridine rings is 1. The molecule has 2 aromatic carbocycles. The number of nitrogens with one attached hydrogen (secondary N) is 2. The summed E-state index contributed by atoms with van der Waals surface area (Å²) < 4.78 is 45.0. The van der Waals surface area contributed by atoms with Gasteiger partial charge in [0.2, 0.25) is 5.88 Å². The normalized spacial score (nSPS) is 11.2. The average molecular weight is 528 g/mol. The number of hydrogen-bond acceptors (Lipinski definition) is 5. The van der Waals surface area contributed by atoms with Gasteiger partial charge in [-0.1, -0.05) is 18.5 Å².